The van der Waals surface area contributed by atoms with Gasteiger partial charge in [-0.05, 0) is 36.6 Å². The number of nitrogens with one attached hydrogen (secondary N) is 1. The topological polar surface area (TPSA) is 58.3 Å². The first kappa shape index (κ1) is 11.9. The van der Waals surface area contributed by atoms with Crippen molar-refractivity contribution < 1.29 is 5.11 Å². The van der Waals surface area contributed by atoms with Crippen molar-refractivity contribution in [3.05, 3.63) is 23.8 Å². The summed E-state index contributed by atoms with van der Waals surface area (Å²) in [7, 11) is 0. The summed E-state index contributed by atoms with van der Waals surface area (Å²) in [6, 6.07) is 5.91. The zero-order valence-electron chi connectivity index (χ0n) is 9.62. The molecule has 0 fully saturated rings. The lowest BCUT2D eigenvalue weighted by Crippen LogP contribution is -2.29. The second kappa shape index (κ2) is 5.03. The Kier molecular flexibility index (Phi) is 3.97. The number of aliphatic hydroxyl groups excluding tert-OH is 1. The predicted molar refractivity (Wildman–Crippen MR) is 64.9 cm³/mol. The molecule has 1 rings (SSSR count). The van der Waals surface area contributed by atoms with Gasteiger partial charge in [-0.15, -0.1) is 0 Å². The van der Waals surface area contributed by atoms with E-state index >= 15 is 0 Å². The van der Waals surface area contributed by atoms with Gasteiger partial charge in [0.2, 0.25) is 0 Å². The van der Waals surface area contributed by atoms with E-state index in [0.29, 0.717) is 5.92 Å². The smallest absolute Gasteiger partial charge is 0.0635 e. The van der Waals surface area contributed by atoms with Gasteiger partial charge in [-0.2, -0.15) is 0 Å². The van der Waals surface area contributed by atoms with Crippen LogP contribution < -0.4 is 11.1 Å². The van der Waals surface area contributed by atoms with Gasteiger partial charge >= 0.3 is 0 Å². The Labute approximate surface area is 91.3 Å². The Morgan fingerprint density at radius 1 is 1.40 bits per heavy atom. The maximum absolute atomic E-state index is 9.19. The summed E-state index contributed by atoms with van der Waals surface area (Å²) in [6.45, 7) is 6.28. The quantitative estimate of drug-likeness (QED) is 0.663. The molecule has 0 bridgehead atoms. The fourth-order valence-corrected chi connectivity index (χ4v) is 1.40. The van der Waals surface area contributed by atoms with Crippen LogP contribution in [0, 0.1) is 12.8 Å². The van der Waals surface area contributed by atoms with Crippen LogP contribution in [-0.4, -0.2) is 17.8 Å². The van der Waals surface area contributed by atoms with Crippen LogP contribution in [0.2, 0.25) is 0 Å². The number of aliphatic hydroxyl groups is 1. The number of nitrogen functional groups attached to an aromatic ring is 1. The van der Waals surface area contributed by atoms with Crippen LogP contribution in [-0.2, 0) is 0 Å². The van der Waals surface area contributed by atoms with Crippen LogP contribution in [0.3, 0.4) is 0 Å². The fraction of sp³-hybridized carbons (Fsp3) is 0.500. The van der Waals surface area contributed by atoms with E-state index in [1.165, 1.54) is 0 Å². The molecular weight excluding hydrogens is 188 g/mol. The molecule has 0 aromatic heterocycles. The average molecular weight is 208 g/mol. The summed E-state index contributed by atoms with van der Waals surface area (Å²) in [5.74, 6) is 0.396. The molecule has 0 aliphatic heterocycles. The van der Waals surface area contributed by atoms with Gasteiger partial charge in [-0.25, -0.2) is 0 Å². The molecule has 0 saturated heterocycles. The van der Waals surface area contributed by atoms with Crippen LogP contribution in [0.4, 0.5) is 11.4 Å². The van der Waals surface area contributed by atoms with Crippen molar-refractivity contribution in [2.75, 3.05) is 17.7 Å². The van der Waals surface area contributed by atoms with E-state index in [1.54, 1.807) is 0 Å². The molecule has 0 amide bonds. The Bertz CT molecular complexity index is 323. The Balaban J connectivity index is 2.75. The maximum Gasteiger partial charge on any atom is 0.0635 e. The molecule has 1 aromatic carbocycles. The number of nitrogens with two attached hydrogens (primary N) is 1. The molecule has 0 aliphatic rings. The van der Waals surface area contributed by atoms with Crippen molar-refractivity contribution in [3.8, 4) is 0 Å². The highest BCUT2D eigenvalue weighted by Gasteiger charge is 2.11. The largest absolute Gasteiger partial charge is 0.399 e. The standard InChI is InChI=1S/C12H20N2O/c1-8(2)12(7-15)14-10-4-5-11(13)9(3)6-10/h4-6,8,12,14-15H,7,13H2,1-3H3/t12-/m1/s1. The Hall–Kier alpha value is -1.22. The van der Waals surface area contributed by atoms with E-state index in [2.05, 4.69) is 19.2 Å². The maximum atomic E-state index is 9.19. The van der Waals surface area contributed by atoms with Crippen LogP contribution in [0.5, 0.6) is 0 Å². The van der Waals surface area contributed by atoms with E-state index in [1.807, 2.05) is 25.1 Å². The normalized spacial score (nSPS) is 12.9. The summed E-state index contributed by atoms with van der Waals surface area (Å²) in [5.41, 5.74) is 8.60. The second-order valence-corrected chi connectivity index (χ2v) is 4.25. The van der Waals surface area contributed by atoms with Crippen LogP contribution in [0.1, 0.15) is 19.4 Å². The van der Waals surface area contributed by atoms with Crippen molar-refractivity contribution >= 4 is 11.4 Å². The molecule has 3 nitrogen and oxygen atoms in total. The highest BCUT2D eigenvalue weighted by molar-refractivity contribution is 5.57. The monoisotopic (exact) mass is 208 g/mol. The molecule has 1 aromatic rings. The Morgan fingerprint density at radius 2 is 2.07 bits per heavy atom. The third-order valence-electron chi connectivity index (χ3n) is 2.62. The van der Waals surface area contributed by atoms with Crippen molar-refractivity contribution in [2.45, 2.75) is 26.8 Å². The van der Waals surface area contributed by atoms with Gasteiger partial charge in [0, 0.05) is 11.4 Å². The fourth-order valence-electron chi connectivity index (χ4n) is 1.40. The molecule has 0 spiro atoms. The highest BCUT2D eigenvalue weighted by Crippen LogP contribution is 2.18. The van der Waals surface area contributed by atoms with Gasteiger partial charge < -0.3 is 16.2 Å². The van der Waals surface area contributed by atoms with E-state index in [-0.39, 0.29) is 12.6 Å². The molecule has 0 heterocycles. The molecule has 0 aliphatic carbocycles. The van der Waals surface area contributed by atoms with Crippen LogP contribution in [0.25, 0.3) is 0 Å². The van der Waals surface area contributed by atoms with E-state index < -0.39 is 0 Å². The van der Waals surface area contributed by atoms with Gasteiger partial charge in [0.25, 0.3) is 0 Å². The lowest BCUT2D eigenvalue weighted by atomic mass is 10.0. The summed E-state index contributed by atoms with van der Waals surface area (Å²) in [6.07, 6.45) is 0. The van der Waals surface area contributed by atoms with Gasteiger partial charge in [0.15, 0.2) is 0 Å². The molecule has 0 saturated carbocycles. The third-order valence-corrected chi connectivity index (χ3v) is 2.62. The number of hydrogen-bond acceptors (Lipinski definition) is 3. The molecule has 0 unspecified atom stereocenters. The zero-order chi connectivity index (χ0) is 11.4. The van der Waals surface area contributed by atoms with E-state index in [9.17, 15) is 5.11 Å². The van der Waals surface area contributed by atoms with E-state index in [0.717, 1.165) is 16.9 Å². The molecule has 84 valence electrons. The number of benzene rings is 1. The molecule has 3 heteroatoms. The van der Waals surface area contributed by atoms with Gasteiger partial charge in [-0.1, -0.05) is 13.8 Å². The van der Waals surface area contributed by atoms with Crippen LogP contribution in [0.15, 0.2) is 18.2 Å². The predicted octanol–water partition coefficient (Wildman–Crippen LogP) is 2.01. The summed E-state index contributed by atoms with van der Waals surface area (Å²) < 4.78 is 0. The average Bonchev–Trinajstić information content (AvgIpc) is 2.19. The van der Waals surface area contributed by atoms with Gasteiger partial charge in [0.1, 0.15) is 0 Å². The number of aryl methyl sites for hydroxylation is 1. The zero-order valence-corrected chi connectivity index (χ0v) is 9.62. The summed E-state index contributed by atoms with van der Waals surface area (Å²) in [5, 5.41) is 12.5. The number of hydrogen-bond donors (Lipinski definition) is 3. The van der Waals surface area contributed by atoms with E-state index in [4.69, 9.17) is 5.73 Å². The Morgan fingerprint density at radius 3 is 2.53 bits per heavy atom. The van der Waals surface area contributed by atoms with Crippen molar-refractivity contribution in [3.63, 3.8) is 0 Å². The van der Waals surface area contributed by atoms with Crippen LogP contribution >= 0.6 is 0 Å². The lowest BCUT2D eigenvalue weighted by Gasteiger charge is -2.21. The van der Waals surface area contributed by atoms with Gasteiger partial charge in [0.05, 0.1) is 12.6 Å². The van der Waals surface area contributed by atoms with Crippen molar-refractivity contribution in [1.29, 1.82) is 0 Å². The molecule has 4 N–H and O–H groups in total. The minimum atomic E-state index is 0.0908. The summed E-state index contributed by atoms with van der Waals surface area (Å²) in [4.78, 5) is 0. The summed E-state index contributed by atoms with van der Waals surface area (Å²) >= 11 is 0. The number of rotatable bonds is 4. The van der Waals surface area contributed by atoms with Gasteiger partial charge in [-0.3, -0.25) is 0 Å². The first-order valence-corrected chi connectivity index (χ1v) is 5.28. The highest BCUT2D eigenvalue weighted by atomic mass is 16.3. The molecule has 15 heavy (non-hydrogen) atoms. The third kappa shape index (κ3) is 3.13. The second-order valence-electron chi connectivity index (χ2n) is 4.25. The van der Waals surface area contributed by atoms with Crippen molar-refractivity contribution in [2.24, 2.45) is 5.92 Å². The molecular formula is C12H20N2O. The lowest BCUT2D eigenvalue weighted by molar-refractivity contribution is 0.249. The number of anilines is 2. The minimum Gasteiger partial charge on any atom is -0.399 e. The SMILES string of the molecule is Cc1cc(N[C@H](CO)C(C)C)ccc1N. The van der Waals surface area contributed by atoms with Crippen molar-refractivity contribution in [1.82, 2.24) is 0 Å². The molecule has 0 radical (unpaired) electrons. The molecule has 1 atom stereocenters. The first-order chi connectivity index (χ1) is 7.04. The minimum absolute atomic E-state index is 0.0908. The first-order valence-electron chi connectivity index (χ1n) is 5.28.